The fraction of sp³-hybridized carbons (Fsp3) is 0.238. The van der Waals surface area contributed by atoms with Crippen LogP contribution in [0.25, 0.3) is 5.69 Å². The number of nitrogens with zero attached hydrogens (tertiary/aromatic N) is 3. The molecule has 3 aromatic rings. The zero-order chi connectivity index (χ0) is 22.0. The summed E-state index contributed by atoms with van der Waals surface area (Å²) in [5, 5.41) is 7.77. The fourth-order valence-electron chi connectivity index (χ4n) is 3.32. The molecule has 0 aliphatic carbocycles. The van der Waals surface area contributed by atoms with E-state index in [-0.39, 0.29) is 23.5 Å². The zero-order valence-electron chi connectivity index (χ0n) is 16.8. The van der Waals surface area contributed by atoms with Crippen LogP contribution in [-0.4, -0.2) is 54.7 Å². The van der Waals surface area contributed by atoms with Gasteiger partial charge >= 0.3 is 0 Å². The van der Waals surface area contributed by atoms with E-state index in [0.717, 1.165) is 0 Å². The second kappa shape index (κ2) is 8.80. The number of halogens is 1. The lowest BCUT2D eigenvalue weighted by atomic mass is 10.2. The lowest BCUT2D eigenvalue weighted by Crippen LogP contribution is -2.40. The molecule has 1 fully saturated rings. The first-order chi connectivity index (χ1) is 14.8. The summed E-state index contributed by atoms with van der Waals surface area (Å²) in [7, 11) is -3.70. The van der Waals surface area contributed by atoms with E-state index in [1.807, 2.05) is 13.0 Å². The van der Waals surface area contributed by atoms with Gasteiger partial charge in [-0.3, -0.25) is 4.79 Å². The van der Waals surface area contributed by atoms with Crippen molar-refractivity contribution in [3.63, 3.8) is 0 Å². The van der Waals surface area contributed by atoms with Gasteiger partial charge in [0.1, 0.15) is 5.82 Å². The molecule has 0 atom stereocenters. The van der Waals surface area contributed by atoms with E-state index in [0.29, 0.717) is 35.4 Å². The number of aryl methyl sites for hydroxylation is 1. The number of hydrogen-bond donors (Lipinski definition) is 1. The van der Waals surface area contributed by atoms with Gasteiger partial charge in [0.05, 0.1) is 29.5 Å². The third kappa shape index (κ3) is 4.64. The van der Waals surface area contributed by atoms with E-state index in [9.17, 15) is 13.2 Å². The van der Waals surface area contributed by atoms with Gasteiger partial charge in [0.15, 0.2) is 0 Å². The Kier molecular flexibility index (Phi) is 6.10. The lowest BCUT2D eigenvalue weighted by Gasteiger charge is -2.26. The van der Waals surface area contributed by atoms with Gasteiger partial charge in [-0.25, -0.2) is 13.1 Å². The average molecular weight is 461 g/mol. The highest BCUT2D eigenvalue weighted by Crippen LogP contribution is 2.22. The van der Waals surface area contributed by atoms with Crippen LogP contribution in [0.15, 0.2) is 59.5 Å². The Morgan fingerprint density at radius 2 is 1.84 bits per heavy atom. The van der Waals surface area contributed by atoms with E-state index >= 15 is 0 Å². The number of rotatable bonds is 5. The van der Waals surface area contributed by atoms with Crippen LogP contribution in [0.2, 0.25) is 5.02 Å². The molecular weight excluding hydrogens is 440 g/mol. The second-order valence-corrected chi connectivity index (χ2v) is 9.44. The number of anilines is 1. The maximum atomic E-state index is 12.9. The van der Waals surface area contributed by atoms with Crippen LogP contribution in [-0.2, 0) is 14.8 Å². The lowest BCUT2D eigenvalue weighted by molar-refractivity contribution is 0.0730. The number of hydrogen-bond acceptors (Lipinski definition) is 5. The van der Waals surface area contributed by atoms with Gasteiger partial charge in [-0.15, -0.1) is 0 Å². The molecule has 0 saturated carbocycles. The predicted molar refractivity (Wildman–Crippen MR) is 117 cm³/mol. The molecule has 2 heterocycles. The highest BCUT2D eigenvalue weighted by Gasteiger charge is 2.27. The third-order valence-corrected chi connectivity index (χ3v) is 6.96. The van der Waals surface area contributed by atoms with Crippen molar-refractivity contribution in [3.05, 3.63) is 70.9 Å². The fourth-order valence-corrected chi connectivity index (χ4v) is 4.95. The molecule has 1 aliphatic heterocycles. The Hall–Kier alpha value is -2.72. The average Bonchev–Trinajstić information content (AvgIpc) is 3.14. The standard InChI is InChI=1S/C21H21ClN4O4S/c1-15-12-20(26(24-15)18-6-3-5-17(22)14-18)23-21(27)16-4-2-7-19(13-16)31(28,29)25-8-10-30-11-9-25/h2-7,12-14H,8-11H2,1H3,(H,23,27). The maximum Gasteiger partial charge on any atom is 0.256 e. The molecule has 162 valence electrons. The summed E-state index contributed by atoms with van der Waals surface area (Å²) in [6.07, 6.45) is 0. The van der Waals surface area contributed by atoms with Crippen molar-refractivity contribution in [2.75, 3.05) is 31.6 Å². The monoisotopic (exact) mass is 460 g/mol. The number of ether oxygens (including phenoxy) is 1. The normalized spacial score (nSPS) is 15.0. The number of carbonyl (C=O) groups is 1. The first-order valence-electron chi connectivity index (χ1n) is 9.66. The third-order valence-electron chi connectivity index (χ3n) is 4.83. The SMILES string of the molecule is Cc1cc(NC(=O)c2cccc(S(=O)(=O)N3CCOCC3)c2)n(-c2cccc(Cl)c2)n1. The van der Waals surface area contributed by atoms with E-state index in [1.165, 1.54) is 16.4 Å². The molecule has 1 aliphatic rings. The van der Waals surface area contributed by atoms with Crippen LogP contribution < -0.4 is 5.32 Å². The summed E-state index contributed by atoms with van der Waals surface area (Å²) in [6.45, 7) is 3.10. The van der Waals surface area contributed by atoms with Gasteiger partial charge in [-0.2, -0.15) is 9.40 Å². The summed E-state index contributed by atoms with van der Waals surface area (Å²) in [4.78, 5) is 13.0. The number of amides is 1. The van der Waals surface area contributed by atoms with E-state index in [1.54, 1.807) is 41.1 Å². The number of nitrogens with one attached hydrogen (secondary N) is 1. The molecular formula is C21H21ClN4O4S. The highest BCUT2D eigenvalue weighted by molar-refractivity contribution is 7.89. The first kappa shape index (κ1) is 21.5. The van der Waals surface area contributed by atoms with E-state index in [4.69, 9.17) is 16.3 Å². The summed E-state index contributed by atoms with van der Waals surface area (Å²) in [5.74, 6) is 0.00779. The molecule has 1 N–H and O–H groups in total. The topological polar surface area (TPSA) is 93.5 Å². The van der Waals surface area contributed by atoms with E-state index < -0.39 is 15.9 Å². The summed E-state index contributed by atoms with van der Waals surface area (Å²) in [5.41, 5.74) is 1.63. The summed E-state index contributed by atoms with van der Waals surface area (Å²) < 4.78 is 34.0. The molecule has 2 aromatic carbocycles. The Morgan fingerprint density at radius 3 is 2.58 bits per heavy atom. The van der Waals surface area contributed by atoms with Crippen LogP contribution in [0.5, 0.6) is 0 Å². The van der Waals surface area contributed by atoms with Gasteiger partial charge in [0, 0.05) is 29.7 Å². The quantitative estimate of drug-likeness (QED) is 0.631. The van der Waals surface area contributed by atoms with Crippen molar-refractivity contribution >= 4 is 33.3 Å². The highest BCUT2D eigenvalue weighted by atomic mass is 35.5. The summed E-state index contributed by atoms with van der Waals surface area (Å²) in [6, 6.07) is 14.8. The number of aromatic nitrogens is 2. The number of carbonyl (C=O) groups excluding carboxylic acids is 1. The van der Waals surface area contributed by atoms with Crippen LogP contribution in [0.4, 0.5) is 5.82 Å². The number of morpholine rings is 1. The smallest absolute Gasteiger partial charge is 0.256 e. The molecule has 0 spiro atoms. The minimum Gasteiger partial charge on any atom is -0.379 e. The molecule has 8 nitrogen and oxygen atoms in total. The van der Waals surface area contributed by atoms with Gasteiger partial charge in [-0.05, 0) is 43.3 Å². The molecule has 31 heavy (non-hydrogen) atoms. The minimum atomic E-state index is -3.70. The molecule has 4 rings (SSSR count). The van der Waals surface area contributed by atoms with Gasteiger partial charge in [0.2, 0.25) is 10.0 Å². The van der Waals surface area contributed by atoms with E-state index in [2.05, 4.69) is 10.4 Å². The molecule has 10 heteroatoms. The largest absolute Gasteiger partial charge is 0.379 e. The van der Waals surface area contributed by atoms with Crippen LogP contribution in [0, 0.1) is 6.92 Å². The first-order valence-corrected chi connectivity index (χ1v) is 11.5. The van der Waals surface area contributed by atoms with Gasteiger partial charge in [0.25, 0.3) is 5.91 Å². The van der Waals surface area contributed by atoms with Gasteiger partial charge in [-0.1, -0.05) is 23.7 Å². The molecule has 1 amide bonds. The Balaban J connectivity index is 1.60. The molecule has 0 unspecified atom stereocenters. The molecule has 1 saturated heterocycles. The van der Waals surface area contributed by atoms with Crippen molar-refractivity contribution in [1.82, 2.24) is 14.1 Å². The maximum absolute atomic E-state index is 12.9. The molecule has 0 bridgehead atoms. The Bertz CT molecular complexity index is 1220. The molecule has 0 radical (unpaired) electrons. The van der Waals surface area contributed by atoms with Crippen LogP contribution >= 0.6 is 11.6 Å². The van der Waals surface area contributed by atoms with Crippen molar-refractivity contribution in [2.45, 2.75) is 11.8 Å². The Labute approximate surface area is 185 Å². The van der Waals surface area contributed by atoms with Crippen molar-refractivity contribution < 1.29 is 17.9 Å². The second-order valence-electron chi connectivity index (χ2n) is 7.06. The van der Waals surface area contributed by atoms with Crippen molar-refractivity contribution in [2.24, 2.45) is 0 Å². The van der Waals surface area contributed by atoms with Crippen LogP contribution in [0.3, 0.4) is 0 Å². The zero-order valence-corrected chi connectivity index (χ0v) is 18.4. The van der Waals surface area contributed by atoms with Crippen molar-refractivity contribution in [3.8, 4) is 5.69 Å². The van der Waals surface area contributed by atoms with Crippen molar-refractivity contribution in [1.29, 1.82) is 0 Å². The van der Waals surface area contributed by atoms with Gasteiger partial charge < -0.3 is 10.1 Å². The summed E-state index contributed by atoms with van der Waals surface area (Å²) >= 11 is 6.08. The number of benzene rings is 2. The predicted octanol–water partition coefficient (Wildman–Crippen LogP) is 3.11. The van der Waals surface area contributed by atoms with Crippen LogP contribution in [0.1, 0.15) is 16.1 Å². The number of sulfonamides is 1. The molecule has 1 aromatic heterocycles. The minimum absolute atomic E-state index is 0.0709. The Morgan fingerprint density at radius 1 is 1.10 bits per heavy atom.